The average Bonchev–Trinajstić information content (AvgIpc) is 2.62. The van der Waals surface area contributed by atoms with Crippen molar-refractivity contribution in [2.24, 2.45) is 7.05 Å². The van der Waals surface area contributed by atoms with Crippen LogP contribution in [-0.2, 0) is 13.5 Å². The molecular weight excluding hydrogens is 294 g/mol. The average molecular weight is 325 g/mol. The molecular formula is C22H28NO+. The van der Waals surface area contributed by atoms with Gasteiger partial charge in [0, 0.05) is 15.7 Å². The van der Waals surface area contributed by atoms with Gasteiger partial charge in [0.15, 0.2) is 6.20 Å². The number of pyridine rings is 1. The molecule has 0 unspecified atom stereocenters. The summed E-state index contributed by atoms with van der Waals surface area (Å²) in [5, 5.41) is 0. The van der Waals surface area contributed by atoms with Crippen LogP contribution in [0.3, 0.4) is 0 Å². The lowest BCUT2D eigenvalue weighted by atomic mass is 9.78. The van der Waals surface area contributed by atoms with E-state index < -0.39 is 6.85 Å². The molecule has 0 N–H and O–H groups in total. The van der Waals surface area contributed by atoms with Crippen LogP contribution >= 0.6 is 0 Å². The van der Waals surface area contributed by atoms with E-state index in [4.69, 9.17) is 8.85 Å². The zero-order chi connectivity index (χ0) is 19.2. The first kappa shape index (κ1) is 12.5. The SMILES string of the molecule is [2H]C([2H])([2H])c1ccc(-c2c(C)ccc3c2OC2(CCCCC2)CC3)[n+](C)c1. The topological polar surface area (TPSA) is 13.1 Å². The summed E-state index contributed by atoms with van der Waals surface area (Å²) in [4.78, 5) is 0. The Kier molecular flexibility index (Phi) is 3.08. The first-order valence-corrected chi connectivity index (χ1v) is 9.11. The molecule has 0 atom stereocenters. The Bertz CT molecular complexity index is 867. The van der Waals surface area contributed by atoms with Gasteiger partial charge in [0.2, 0.25) is 5.69 Å². The second-order valence-electron chi connectivity index (χ2n) is 7.51. The third-order valence-corrected chi connectivity index (χ3v) is 5.77. The number of hydrogen-bond acceptors (Lipinski definition) is 1. The van der Waals surface area contributed by atoms with E-state index >= 15 is 0 Å². The predicted octanol–water partition coefficient (Wildman–Crippen LogP) is 4.82. The summed E-state index contributed by atoms with van der Waals surface area (Å²) in [6.45, 7) is 0.0168. The molecule has 0 saturated heterocycles. The predicted molar refractivity (Wildman–Crippen MR) is 97.3 cm³/mol. The van der Waals surface area contributed by atoms with Crippen LogP contribution in [0, 0.1) is 13.8 Å². The van der Waals surface area contributed by atoms with Gasteiger partial charge in [0.1, 0.15) is 18.4 Å². The van der Waals surface area contributed by atoms with E-state index in [-0.39, 0.29) is 5.60 Å². The molecule has 0 radical (unpaired) electrons. The molecule has 126 valence electrons. The van der Waals surface area contributed by atoms with Gasteiger partial charge in [-0.15, -0.1) is 0 Å². The number of aromatic nitrogens is 1. The molecule has 0 bridgehead atoms. The lowest BCUT2D eigenvalue weighted by Crippen LogP contribution is -2.42. The second kappa shape index (κ2) is 5.91. The molecule has 2 heteroatoms. The summed E-state index contributed by atoms with van der Waals surface area (Å²) in [6.07, 6.45) is 9.97. The summed E-state index contributed by atoms with van der Waals surface area (Å²) >= 11 is 0. The van der Waals surface area contributed by atoms with E-state index in [2.05, 4.69) is 19.1 Å². The highest BCUT2D eigenvalue weighted by Gasteiger charge is 2.39. The Balaban J connectivity index is 1.81. The van der Waals surface area contributed by atoms with Gasteiger partial charge in [-0.25, -0.2) is 4.57 Å². The Morgan fingerprint density at radius 2 is 1.92 bits per heavy atom. The molecule has 1 aliphatic carbocycles. The number of aryl methyl sites for hydroxylation is 4. The van der Waals surface area contributed by atoms with Crippen LogP contribution in [0.5, 0.6) is 5.75 Å². The minimum absolute atomic E-state index is 0.00893. The van der Waals surface area contributed by atoms with E-state index in [1.54, 1.807) is 12.3 Å². The molecule has 2 aromatic rings. The first-order valence-electron chi connectivity index (χ1n) is 10.6. The summed E-state index contributed by atoms with van der Waals surface area (Å²) in [5.74, 6) is 1.01. The Hall–Kier alpha value is -1.83. The van der Waals surface area contributed by atoms with Gasteiger partial charge in [-0.1, -0.05) is 18.6 Å². The maximum absolute atomic E-state index is 7.66. The normalized spacial score (nSPS) is 21.3. The number of hydrogen-bond donors (Lipinski definition) is 0. The Labute approximate surface area is 149 Å². The lowest BCUT2D eigenvalue weighted by molar-refractivity contribution is -0.660. The third-order valence-electron chi connectivity index (χ3n) is 5.77. The fraction of sp³-hybridized carbons (Fsp3) is 0.500. The van der Waals surface area contributed by atoms with Gasteiger partial charge in [-0.05, 0) is 69.5 Å². The smallest absolute Gasteiger partial charge is 0.216 e. The van der Waals surface area contributed by atoms with Crippen LogP contribution in [0.1, 0.15) is 59.3 Å². The van der Waals surface area contributed by atoms with Crippen molar-refractivity contribution >= 4 is 0 Å². The molecule has 1 aliphatic heterocycles. The van der Waals surface area contributed by atoms with Crippen LogP contribution in [0.25, 0.3) is 11.3 Å². The first-order chi connectivity index (χ1) is 12.8. The van der Waals surface area contributed by atoms with Crippen molar-refractivity contribution in [3.05, 3.63) is 47.2 Å². The molecule has 1 aromatic carbocycles. The molecule has 1 fully saturated rings. The van der Waals surface area contributed by atoms with Crippen LogP contribution < -0.4 is 9.30 Å². The Morgan fingerprint density at radius 1 is 1.08 bits per heavy atom. The molecule has 2 nitrogen and oxygen atoms in total. The molecule has 2 heterocycles. The molecule has 0 amide bonds. The van der Waals surface area contributed by atoms with Crippen molar-refractivity contribution < 1.29 is 13.4 Å². The highest BCUT2D eigenvalue weighted by Crippen LogP contribution is 2.46. The van der Waals surface area contributed by atoms with Gasteiger partial charge < -0.3 is 4.74 Å². The number of fused-ring (bicyclic) bond motifs is 1. The summed E-state index contributed by atoms with van der Waals surface area (Å²) in [6, 6.07) is 8.00. The van der Waals surface area contributed by atoms with Gasteiger partial charge in [0.05, 0.1) is 5.56 Å². The summed E-state index contributed by atoms with van der Waals surface area (Å²) < 4.78 is 31.7. The van der Waals surface area contributed by atoms with Crippen molar-refractivity contribution in [2.75, 3.05) is 0 Å². The van der Waals surface area contributed by atoms with E-state index in [9.17, 15) is 0 Å². The maximum Gasteiger partial charge on any atom is 0.216 e. The number of nitrogens with zero attached hydrogens (tertiary/aromatic N) is 1. The van der Waals surface area contributed by atoms with Crippen molar-refractivity contribution in [3.63, 3.8) is 0 Å². The quantitative estimate of drug-likeness (QED) is 0.685. The standard InChI is InChI=1S/C22H28NO/c1-16-7-10-19(23(3)15-16)20-17(2)8-9-18-11-14-22(24-21(18)20)12-5-4-6-13-22/h7-10,15H,4-6,11-14H2,1-3H3/q+1/i1D3. The molecule has 1 aromatic heterocycles. The van der Waals surface area contributed by atoms with Gasteiger partial charge in [-0.2, -0.15) is 0 Å². The molecule has 2 aliphatic rings. The number of ether oxygens (including phenoxy) is 1. The van der Waals surface area contributed by atoms with Gasteiger partial charge in [-0.3, -0.25) is 0 Å². The van der Waals surface area contributed by atoms with Crippen molar-refractivity contribution in [2.45, 2.75) is 64.3 Å². The lowest BCUT2D eigenvalue weighted by Gasteiger charge is -2.42. The largest absolute Gasteiger partial charge is 0.486 e. The summed E-state index contributed by atoms with van der Waals surface area (Å²) in [7, 11) is 1.92. The molecule has 4 rings (SSSR count). The highest BCUT2D eigenvalue weighted by molar-refractivity contribution is 5.71. The van der Waals surface area contributed by atoms with Crippen LogP contribution in [0.15, 0.2) is 30.5 Å². The summed E-state index contributed by atoms with van der Waals surface area (Å²) in [5.41, 5.74) is 4.90. The second-order valence-corrected chi connectivity index (χ2v) is 7.51. The van der Waals surface area contributed by atoms with Crippen molar-refractivity contribution in [3.8, 4) is 17.0 Å². The van der Waals surface area contributed by atoms with Crippen LogP contribution in [-0.4, -0.2) is 5.60 Å². The maximum atomic E-state index is 7.66. The van der Waals surface area contributed by atoms with Gasteiger partial charge in [0.25, 0.3) is 0 Å². The van der Waals surface area contributed by atoms with E-state index in [0.29, 0.717) is 5.56 Å². The minimum Gasteiger partial charge on any atom is -0.486 e. The fourth-order valence-electron chi connectivity index (χ4n) is 4.40. The van der Waals surface area contributed by atoms with Crippen LogP contribution in [0.4, 0.5) is 0 Å². The van der Waals surface area contributed by atoms with Crippen molar-refractivity contribution in [1.29, 1.82) is 0 Å². The monoisotopic (exact) mass is 325 g/mol. The minimum atomic E-state index is -2.09. The van der Waals surface area contributed by atoms with Crippen LogP contribution in [0.2, 0.25) is 0 Å². The van der Waals surface area contributed by atoms with E-state index in [1.807, 2.05) is 17.7 Å². The van der Waals surface area contributed by atoms with Gasteiger partial charge >= 0.3 is 0 Å². The Morgan fingerprint density at radius 3 is 2.67 bits per heavy atom. The zero-order valence-electron chi connectivity index (χ0n) is 17.7. The molecule has 1 spiro atoms. The molecule has 1 saturated carbocycles. The number of benzene rings is 1. The van der Waals surface area contributed by atoms with E-state index in [0.717, 1.165) is 42.7 Å². The van der Waals surface area contributed by atoms with Crippen molar-refractivity contribution in [1.82, 2.24) is 0 Å². The van der Waals surface area contributed by atoms with E-state index in [1.165, 1.54) is 30.4 Å². The molecule has 24 heavy (non-hydrogen) atoms. The fourth-order valence-corrected chi connectivity index (χ4v) is 4.40. The number of rotatable bonds is 1. The zero-order valence-corrected chi connectivity index (χ0v) is 14.7. The highest BCUT2D eigenvalue weighted by atomic mass is 16.5. The third kappa shape index (κ3) is 2.62.